The summed E-state index contributed by atoms with van der Waals surface area (Å²) in [5.74, 6) is -0.118. The number of rotatable bonds is 5. The van der Waals surface area contributed by atoms with E-state index in [-0.39, 0.29) is 47.7 Å². The van der Waals surface area contributed by atoms with Crippen LogP contribution in [-0.4, -0.2) is 65.9 Å². The van der Waals surface area contributed by atoms with Crippen LogP contribution in [0.15, 0.2) is 0 Å². The van der Waals surface area contributed by atoms with Crippen molar-refractivity contribution in [2.24, 2.45) is 47.3 Å². The van der Waals surface area contributed by atoms with Crippen molar-refractivity contribution in [3.63, 3.8) is 0 Å². The highest BCUT2D eigenvalue weighted by molar-refractivity contribution is 6.17. The molecule has 8 saturated heterocycles. The van der Waals surface area contributed by atoms with Gasteiger partial charge in [0.05, 0.1) is 6.10 Å². The van der Waals surface area contributed by atoms with Crippen LogP contribution in [0, 0.1) is 47.3 Å². The Morgan fingerprint density at radius 3 is 1.85 bits per heavy atom. The minimum atomic E-state index is -0.908. The molecule has 12 heteroatoms. The molecule has 4 bridgehead atoms. The van der Waals surface area contributed by atoms with E-state index in [9.17, 15) is 4.79 Å². The fraction of sp³-hybridized carbons (Fsp3) is 0.971. The molecule has 0 radical (unpaired) electrons. The fourth-order valence-electron chi connectivity index (χ4n) is 11.3. The van der Waals surface area contributed by atoms with E-state index in [0.717, 1.165) is 51.4 Å². The summed E-state index contributed by atoms with van der Waals surface area (Å²) in [5.41, 5.74) is -1.40. The Bertz CT molecular complexity index is 1190. The first-order valence-electron chi connectivity index (χ1n) is 17.7. The van der Waals surface area contributed by atoms with E-state index in [4.69, 9.17) is 59.6 Å². The lowest BCUT2D eigenvalue weighted by molar-refractivity contribution is -0.573. The molecule has 10 rings (SSSR count). The summed E-state index contributed by atoms with van der Waals surface area (Å²) in [6.45, 7) is 12.8. The van der Waals surface area contributed by atoms with Crippen molar-refractivity contribution in [1.29, 1.82) is 0 Å². The molecule has 11 nitrogen and oxygen atoms in total. The summed E-state index contributed by atoms with van der Waals surface area (Å²) in [7, 11) is 0. The van der Waals surface area contributed by atoms with Crippen LogP contribution in [0.3, 0.4) is 0 Å². The van der Waals surface area contributed by atoms with E-state index in [1.807, 2.05) is 13.8 Å². The second kappa shape index (κ2) is 11.4. The zero-order valence-corrected chi connectivity index (χ0v) is 28.7. The highest BCUT2D eigenvalue weighted by Gasteiger charge is 2.72. The molecule has 10 fully saturated rings. The molecule has 2 aliphatic carbocycles. The third kappa shape index (κ3) is 4.69. The molecule has 0 aromatic heterocycles. The number of fused-ring (bicyclic) bond motifs is 4. The highest BCUT2D eigenvalue weighted by atomic mass is 35.5. The summed E-state index contributed by atoms with van der Waals surface area (Å²) in [5, 5.41) is 0. The van der Waals surface area contributed by atoms with Gasteiger partial charge in [-0.15, -0.1) is 0 Å². The Balaban J connectivity index is 1.11. The van der Waals surface area contributed by atoms with Crippen LogP contribution in [0.5, 0.6) is 0 Å². The van der Waals surface area contributed by atoms with E-state index in [1.165, 1.54) is 0 Å². The van der Waals surface area contributed by atoms with Gasteiger partial charge in [0.25, 0.3) is 0 Å². The van der Waals surface area contributed by atoms with E-state index in [0.29, 0.717) is 18.3 Å². The Morgan fingerprint density at radius 2 is 1.28 bits per heavy atom. The molecule has 0 N–H and O–H groups in total. The maximum Gasteiger partial charge on any atom is 0.509 e. The maximum absolute atomic E-state index is 13.0. The Hall–Kier alpha value is -0.760. The summed E-state index contributed by atoms with van der Waals surface area (Å²) < 4.78 is 38.3. The van der Waals surface area contributed by atoms with Gasteiger partial charge in [-0.3, -0.25) is 0 Å². The molecule has 0 amide bonds. The predicted octanol–water partition coefficient (Wildman–Crippen LogP) is 6.60. The van der Waals surface area contributed by atoms with Gasteiger partial charge in [-0.1, -0.05) is 39.3 Å². The second-order valence-corrected chi connectivity index (χ2v) is 16.4. The molecular weight excluding hydrogens is 620 g/mol. The van der Waals surface area contributed by atoms with Crippen LogP contribution < -0.4 is 0 Å². The van der Waals surface area contributed by atoms with Gasteiger partial charge >= 0.3 is 6.16 Å². The van der Waals surface area contributed by atoms with Gasteiger partial charge in [0, 0.05) is 31.1 Å². The first-order valence-corrected chi connectivity index (χ1v) is 18.3. The van der Waals surface area contributed by atoms with Crippen molar-refractivity contribution < 1.29 is 52.8 Å². The average molecular weight is 671 g/mol. The van der Waals surface area contributed by atoms with Gasteiger partial charge < -0.3 is 28.4 Å². The number of halogens is 1. The first-order chi connectivity index (χ1) is 21.9. The second-order valence-electron chi connectivity index (χ2n) is 16.2. The zero-order valence-electron chi connectivity index (χ0n) is 27.9. The van der Waals surface area contributed by atoms with Gasteiger partial charge in [0.1, 0.15) is 12.2 Å². The van der Waals surface area contributed by atoms with E-state index >= 15 is 0 Å². The number of hydrogen-bond acceptors (Lipinski definition) is 11. The minimum absolute atomic E-state index is 0.0411. The van der Waals surface area contributed by atoms with Gasteiger partial charge in [0.2, 0.25) is 11.6 Å². The summed E-state index contributed by atoms with van der Waals surface area (Å²) in [6, 6.07) is -0.306. The lowest BCUT2D eigenvalue weighted by atomic mass is 9.56. The predicted molar refractivity (Wildman–Crippen MR) is 160 cm³/mol. The number of carbonyl (C=O) groups excluding carboxylic acids is 1. The first kappa shape index (κ1) is 32.4. The minimum Gasteiger partial charge on any atom is -0.428 e. The standard InChI is InChI=1S/C34H51ClO11/c1-17-7-9-23-19(3)25(38-28-33(23)21(17)11-13-31(5,41-28)43-45-33)15-26(39-30(36)37-16-35)27-20(4)24-10-8-18(2)22-12-14-32(6)42-29(40-27)34(22,24)46-44-32/h17-29H,7-16H2,1-6H3/t17-,18-,19-,20-,21+,22+,23+,24+,25-,26+,27+,28-,29-,31?,32?,33-,34-/m1/s1. The Kier molecular flexibility index (Phi) is 8.03. The largest absolute Gasteiger partial charge is 0.509 e. The number of carbonyl (C=O) groups is 1. The summed E-state index contributed by atoms with van der Waals surface area (Å²) in [6.07, 6.45) is 4.26. The molecule has 8 aliphatic heterocycles. The molecule has 2 unspecified atom stereocenters. The van der Waals surface area contributed by atoms with Crippen LogP contribution in [0.4, 0.5) is 4.79 Å². The SMILES string of the molecule is C[C@H]1[C@@H]([C@H](C[C@H]2O[C@@H]3OC4(C)CC[C@H]5[C@H](C)CC[C@@H]([C@H]2C)[C@@]35OO4)OC(=O)OCCl)O[C@@H]2OC3(C)CC[C@H]4[C@H](C)CC[C@@H]1[C@@]24OO3. The van der Waals surface area contributed by atoms with Crippen LogP contribution >= 0.6 is 11.6 Å². The van der Waals surface area contributed by atoms with Gasteiger partial charge in [-0.05, 0) is 87.9 Å². The topological polar surface area (TPSA) is 109 Å². The lowest BCUT2D eigenvalue weighted by Crippen LogP contribution is -2.72. The lowest BCUT2D eigenvalue weighted by Gasteiger charge is -2.62. The number of hydrogen-bond donors (Lipinski definition) is 0. The summed E-state index contributed by atoms with van der Waals surface area (Å²) >= 11 is 5.80. The van der Waals surface area contributed by atoms with Crippen molar-refractivity contribution in [3.05, 3.63) is 0 Å². The molecule has 0 aromatic carbocycles. The third-order valence-electron chi connectivity index (χ3n) is 13.8. The van der Waals surface area contributed by atoms with Crippen molar-refractivity contribution >= 4 is 17.8 Å². The van der Waals surface area contributed by atoms with Gasteiger partial charge in [0.15, 0.2) is 29.8 Å². The quantitative estimate of drug-likeness (QED) is 0.179. The van der Waals surface area contributed by atoms with Crippen LogP contribution in [-0.2, 0) is 48.0 Å². The van der Waals surface area contributed by atoms with Crippen molar-refractivity contribution in [2.45, 2.75) is 153 Å². The number of ether oxygens (including phenoxy) is 6. The van der Waals surface area contributed by atoms with Crippen LogP contribution in [0.1, 0.15) is 99.3 Å². The molecule has 8 heterocycles. The number of alkyl halides is 1. The van der Waals surface area contributed by atoms with Crippen molar-refractivity contribution in [2.75, 3.05) is 6.07 Å². The Morgan fingerprint density at radius 1 is 0.739 bits per heavy atom. The van der Waals surface area contributed by atoms with Crippen LogP contribution in [0.2, 0.25) is 0 Å². The van der Waals surface area contributed by atoms with Crippen LogP contribution in [0.25, 0.3) is 0 Å². The molecule has 17 atom stereocenters. The Labute approximate surface area is 276 Å². The monoisotopic (exact) mass is 670 g/mol. The third-order valence-corrected chi connectivity index (χ3v) is 13.9. The molecule has 46 heavy (non-hydrogen) atoms. The molecule has 2 saturated carbocycles. The van der Waals surface area contributed by atoms with Gasteiger partial charge in [-0.2, -0.15) is 0 Å². The average Bonchev–Trinajstić information content (AvgIpc) is 3.39. The van der Waals surface area contributed by atoms with E-state index in [1.54, 1.807) is 0 Å². The molecule has 0 aromatic rings. The normalized spacial score (nSPS) is 56.2. The maximum atomic E-state index is 13.0. The zero-order chi connectivity index (χ0) is 32.2. The molecule has 10 aliphatic rings. The molecule has 2 spiro atoms. The van der Waals surface area contributed by atoms with E-state index < -0.39 is 53.7 Å². The van der Waals surface area contributed by atoms with Crippen molar-refractivity contribution in [1.82, 2.24) is 0 Å². The smallest absolute Gasteiger partial charge is 0.428 e. The fourth-order valence-corrected chi connectivity index (χ4v) is 11.4. The summed E-state index contributed by atoms with van der Waals surface area (Å²) in [4.78, 5) is 37.7. The van der Waals surface area contributed by atoms with Gasteiger partial charge in [-0.25, -0.2) is 24.3 Å². The van der Waals surface area contributed by atoms with Crippen molar-refractivity contribution in [3.8, 4) is 0 Å². The van der Waals surface area contributed by atoms with E-state index in [2.05, 4.69) is 27.7 Å². The molecular formula is C34H51ClO11. The molecule has 260 valence electrons. The highest BCUT2D eigenvalue weighted by Crippen LogP contribution is 2.63.